The Kier molecular flexibility index (Phi) is 7.93. The number of nitrogens with one attached hydrogen (secondary N) is 1. The van der Waals surface area contributed by atoms with Gasteiger partial charge in [-0.05, 0) is 55.7 Å². The number of rotatable bonds is 9. The van der Waals surface area contributed by atoms with Gasteiger partial charge in [-0.3, -0.25) is 14.2 Å². The molecule has 1 heterocycles. The lowest BCUT2D eigenvalue weighted by Gasteiger charge is -2.13. The summed E-state index contributed by atoms with van der Waals surface area (Å²) in [4.78, 5) is 24.8. The first kappa shape index (κ1) is 24.4. The summed E-state index contributed by atoms with van der Waals surface area (Å²) < 4.78 is 17.4. The van der Waals surface area contributed by atoms with Gasteiger partial charge < -0.3 is 19.5 Å². The summed E-state index contributed by atoms with van der Waals surface area (Å²) in [6.45, 7) is 3.26. The standard InChI is InChI=1S/C26H27N3O5/c1-17-18(2)29(20-8-6-5-7-9-20)26(21(17)15-27)28-24(30)16-34-25(31)13-11-19-10-12-22(32-3)23(14-19)33-4/h5-10,12,14H,11,13,16H2,1-4H3,(H,28,30). The van der Waals surface area contributed by atoms with E-state index in [4.69, 9.17) is 14.2 Å². The number of esters is 1. The molecule has 0 unspecified atom stereocenters. The number of methoxy groups -OCH3 is 2. The lowest BCUT2D eigenvalue weighted by Crippen LogP contribution is -2.23. The van der Waals surface area contributed by atoms with E-state index in [0.717, 1.165) is 22.5 Å². The summed E-state index contributed by atoms with van der Waals surface area (Å²) in [5.41, 5.74) is 3.67. The highest BCUT2D eigenvalue weighted by Gasteiger charge is 2.21. The molecule has 0 radical (unpaired) electrons. The van der Waals surface area contributed by atoms with Crippen LogP contribution < -0.4 is 14.8 Å². The van der Waals surface area contributed by atoms with Crippen LogP contribution in [0.15, 0.2) is 48.5 Å². The molecule has 0 aliphatic carbocycles. The monoisotopic (exact) mass is 461 g/mol. The molecule has 0 bridgehead atoms. The molecule has 1 amide bonds. The van der Waals surface area contributed by atoms with Crippen LogP contribution in [-0.2, 0) is 20.7 Å². The van der Waals surface area contributed by atoms with Gasteiger partial charge in [0, 0.05) is 17.8 Å². The predicted molar refractivity (Wildman–Crippen MR) is 127 cm³/mol. The molecular weight excluding hydrogens is 434 g/mol. The molecule has 3 aromatic rings. The maximum absolute atomic E-state index is 12.6. The van der Waals surface area contributed by atoms with Gasteiger partial charge in [0.1, 0.15) is 11.9 Å². The van der Waals surface area contributed by atoms with Crippen LogP contribution in [0, 0.1) is 25.2 Å². The van der Waals surface area contributed by atoms with Crippen LogP contribution in [0.1, 0.15) is 28.8 Å². The number of hydrogen-bond donors (Lipinski definition) is 1. The van der Waals surface area contributed by atoms with Crippen molar-refractivity contribution in [3.05, 3.63) is 70.9 Å². The van der Waals surface area contributed by atoms with E-state index in [0.29, 0.717) is 29.3 Å². The summed E-state index contributed by atoms with van der Waals surface area (Å²) in [6.07, 6.45) is 0.527. The molecule has 0 saturated heterocycles. The highest BCUT2D eigenvalue weighted by Crippen LogP contribution is 2.30. The van der Waals surface area contributed by atoms with E-state index in [2.05, 4.69) is 11.4 Å². The minimum absolute atomic E-state index is 0.102. The van der Waals surface area contributed by atoms with Gasteiger partial charge in [0.05, 0.1) is 19.8 Å². The fourth-order valence-corrected chi connectivity index (χ4v) is 3.63. The minimum atomic E-state index is -0.523. The number of ether oxygens (including phenoxy) is 3. The van der Waals surface area contributed by atoms with Crippen LogP contribution in [0.4, 0.5) is 5.82 Å². The molecule has 0 aliphatic heterocycles. The molecule has 176 valence electrons. The van der Waals surface area contributed by atoms with Gasteiger partial charge in [0.2, 0.25) is 0 Å². The second kappa shape index (κ2) is 11.1. The van der Waals surface area contributed by atoms with E-state index < -0.39 is 18.5 Å². The first-order valence-corrected chi connectivity index (χ1v) is 10.7. The molecule has 0 aliphatic rings. The Morgan fingerprint density at radius 1 is 1.03 bits per heavy atom. The topological polar surface area (TPSA) is 103 Å². The normalized spacial score (nSPS) is 10.3. The van der Waals surface area contributed by atoms with Crippen LogP contribution in [0.3, 0.4) is 0 Å². The first-order valence-electron chi connectivity index (χ1n) is 10.7. The van der Waals surface area contributed by atoms with Gasteiger partial charge >= 0.3 is 5.97 Å². The van der Waals surface area contributed by atoms with Crippen LogP contribution >= 0.6 is 0 Å². The van der Waals surface area contributed by atoms with E-state index in [-0.39, 0.29) is 6.42 Å². The average Bonchev–Trinajstić information content (AvgIpc) is 3.10. The molecular formula is C26H27N3O5. The predicted octanol–water partition coefficient (Wildman–Crippen LogP) is 4.10. The summed E-state index contributed by atoms with van der Waals surface area (Å²) in [7, 11) is 3.10. The number of carbonyl (C=O) groups excluding carboxylic acids is 2. The lowest BCUT2D eigenvalue weighted by molar-refractivity contribution is -0.147. The zero-order valence-corrected chi connectivity index (χ0v) is 19.7. The second-order valence-corrected chi connectivity index (χ2v) is 7.61. The molecule has 0 atom stereocenters. The maximum atomic E-state index is 12.6. The highest BCUT2D eigenvalue weighted by molar-refractivity contribution is 5.94. The van der Waals surface area contributed by atoms with Crippen LogP contribution in [0.2, 0.25) is 0 Å². The Bertz CT molecular complexity index is 1230. The summed E-state index contributed by atoms with van der Waals surface area (Å²) in [5.74, 6) is 0.512. The van der Waals surface area contributed by atoms with Crippen molar-refractivity contribution < 1.29 is 23.8 Å². The number of amides is 1. The molecule has 0 spiro atoms. The van der Waals surface area contributed by atoms with Crippen molar-refractivity contribution in [2.24, 2.45) is 0 Å². The summed E-state index contributed by atoms with van der Waals surface area (Å²) in [6, 6.07) is 17.0. The average molecular weight is 462 g/mol. The maximum Gasteiger partial charge on any atom is 0.306 e. The van der Waals surface area contributed by atoms with E-state index >= 15 is 0 Å². The SMILES string of the molecule is COc1ccc(CCC(=O)OCC(=O)Nc2c(C#N)c(C)c(C)n2-c2ccccc2)cc1OC. The van der Waals surface area contributed by atoms with Gasteiger partial charge in [0.25, 0.3) is 5.91 Å². The minimum Gasteiger partial charge on any atom is -0.493 e. The Balaban J connectivity index is 1.63. The smallest absolute Gasteiger partial charge is 0.306 e. The fraction of sp³-hybridized carbons (Fsp3) is 0.269. The number of anilines is 1. The Morgan fingerprint density at radius 2 is 1.74 bits per heavy atom. The molecule has 1 aromatic heterocycles. The molecule has 0 fully saturated rings. The van der Waals surface area contributed by atoms with Crippen molar-refractivity contribution >= 4 is 17.7 Å². The Hall–Kier alpha value is -4.25. The molecule has 34 heavy (non-hydrogen) atoms. The van der Waals surface area contributed by atoms with Crippen LogP contribution in [0.5, 0.6) is 11.5 Å². The quantitative estimate of drug-likeness (QED) is 0.482. The number of nitriles is 1. The Labute approximate surface area is 198 Å². The number of para-hydroxylation sites is 1. The van der Waals surface area contributed by atoms with Gasteiger partial charge in [-0.25, -0.2) is 0 Å². The summed E-state index contributed by atoms with van der Waals surface area (Å²) >= 11 is 0. The van der Waals surface area contributed by atoms with Crippen molar-refractivity contribution in [3.8, 4) is 23.3 Å². The molecule has 2 aromatic carbocycles. The second-order valence-electron chi connectivity index (χ2n) is 7.61. The third kappa shape index (κ3) is 5.38. The van der Waals surface area contributed by atoms with Crippen molar-refractivity contribution in [2.75, 3.05) is 26.1 Å². The fourth-order valence-electron chi connectivity index (χ4n) is 3.63. The number of benzene rings is 2. The van der Waals surface area contributed by atoms with Crippen molar-refractivity contribution in [3.63, 3.8) is 0 Å². The number of aromatic nitrogens is 1. The number of nitrogens with zero attached hydrogens (tertiary/aromatic N) is 2. The Morgan fingerprint density at radius 3 is 2.38 bits per heavy atom. The zero-order chi connectivity index (χ0) is 24.7. The summed E-state index contributed by atoms with van der Waals surface area (Å²) in [5, 5.41) is 12.4. The van der Waals surface area contributed by atoms with Gasteiger partial charge in [-0.1, -0.05) is 24.3 Å². The third-order valence-electron chi connectivity index (χ3n) is 5.53. The van der Waals surface area contributed by atoms with E-state index in [1.54, 1.807) is 26.4 Å². The van der Waals surface area contributed by atoms with Gasteiger partial charge in [0.15, 0.2) is 18.1 Å². The third-order valence-corrected chi connectivity index (χ3v) is 5.53. The number of hydrogen-bond acceptors (Lipinski definition) is 6. The van der Waals surface area contributed by atoms with Crippen molar-refractivity contribution in [2.45, 2.75) is 26.7 Å². The molecule has 3 rings (SSSR count). The first-order chi connectivity index (χ1) is 16.4. The van der Waals surface area contributed by atoms with Gasteiger partial charge in [-0.2, -0.15) is 5.26 Å². The largest absolute Gasteiger partial charge is 0.493 e. The zero-order valence-electron chi connectivity index (χ0n) is 19.7. The number of aryl methyl sites for hydroxylation is 1. The molecule has 8 nitrogen and oxygen atoms in total. The van der Waals surface area contributed by atoms with Crippen molar-refractivity contribution in [1.82, 2.24) is 4.57 Å². The lowest BCUT2D eigenvalue weighted by atomic mass is 10.1. The van der Waals surface area contributed by atoms with Crippen LogP contribution in [-0.4, -0.2) is 37.3 Å². The van der Waals surface area contributed by atoms with Crippen molar-refractivity contribution in [1.29, 1.82) is 5.26 Å². The van der Waals surface area contributed by atoms with Gasteiger partial charge in [-0.15, -0.1) is 0 Å². The highest BCUT2D eigenvalue weighted by atomic mass is 16.5. The molecule has 0 saturated carbocycles. The van der Waals surface area contributed by atoms with Crippen LogP contribution in [0.25, 0.3) is 5.69 Å². The number of carbonyl (C=O) groups is 2. The van der Waals surface area contributed by atoms with E-state index in [1.807, 2.05) is 54.8 Å². The van der Waals surface area contributed by atoms with E-state index in [9.17, 15) is 14.9 Å². The molecule has 1 N–H and O–H groups in total. The molecule has 8 heteroatoms. The van der Waals surface area contributed by atoms with E-state index in [1.165, 1.54) is 0 Å².